The van der Waals surface area contributed by atoms with Gasteiger partial charge in [-0.05, 0) is 25.5 Å². The van der Waals surface area contributed by atoms with E-state index in [2.05, 4.69) is 10.3 Å². The molecule has 0 aromatic carbocycles. The summed E-state index contributed by atoms with van der Waals surface area (Å²) in [5.74, 6) is -0.152. The SMILES string of the molecule is CNC(=O)c1ncn2c(C)c(C)ccc12. The van der Waals surface area contributed by atoms with E-state index in [0.29, 0.717) is 5.69 Å². The molecule has 0 spiro atoms. The highest BCUT2D eigenvalue weighted by Crippen LogP contribution is 2.14. The lowest BCUT2D eigenvalue weighted by atomic mass is 10.2. The molecular weight excluding hydrogens is 190 g/mol. The standard InChI is InChI=1S/C11H13N3O/c1-7-4-5-9-10(11(15)12-3)13-6-14(9)8(7)2/h4-6H,1-3H3,(H,12,15). The van der Waals surface area contributed by atoms with Crippen LogP contribution in [-0.4, -0.2) is 22.3 Å². The molecule has 0 aliphatic heterocycles. The van der Waals surface area contributed by atoms with Crippen LogP contribution in [0.4, 0.5) is 0 Å². The zero-order chi connectivity index (χ0) is 11.0. The van der Waals surface area contributed by atoms with Crippen LogP contribution < -0.4 is 5.32 Å². The summed E-state index contributed by atoms with van der Waals surface area (Å²) in [5, 5.41) is 2.58. The van der Waals surface area contributed by atoms with Crippen molar-refractivity contribution in [1.82, 2.24) is 14.7 Å². The molecule has 0 atom stereocenters. The van der Waals surface area contributed by atoms with Crippen molar-refractivity contribution < 1.29 is 4.79 Å². The Morgan fingerprint density at radius 2 is 2.13 bits per heavy atom. The molecule has 15 heavy (non-hydrogen) atoms. The number of hydrogen-bond donors (Lipinski definition) is 1. The maximum Gasteiger partial charge on any atom is 0.271 e. The monoisotopic (exact) mass is 203 g/mol. The number of hydrogen-bond acceptors (Lipinski definition) is 2. The van der Waals surface area contributed by atoms with Crippen molar-refractivity contribution >= 4 is 11.4 Å². The minimum Gasteiger partial charge on any atom is -0.354 e. The number of pyridine rings is 1. The predicted molar refractivity (Wildman–Crippen MR) is 58.1 cm³/mol. The molecule has 0 unspecified atom stereocenters. The molecule has 0 saturated heterocycles. The normalized spacial score (nSPS) is 10.6. The number of carbonyl (C=O) groups is 1. The molecule has 2 aromatic heterocycles. The van der Waals surface area contributed by atoms with Crippen LogP contribution in [0, 0.1) is 13.8 Å². The number of amides is 1. The number of aromatic nitrogens is 2. The van der Waals surface area contributed by atoms with Crippen molar-refractivity contribution in [1.29, 1.82) is 0 Å². The molecule has 0 saturated carbocycles. The van der Waals surface area contributed by atoms with Crippen molar-refractivity contribution in [3.05, 3.63) is 35.4 Å². The van der Waals surface area contributed by atoms with Crippen LogP contribution in [0.25, 0.3) is 5.52 Å². The highest BCUT2D eigenvalue weighted by molar-refractivity contribution is 5.98. The van der Waals surface area contributed by atoms with Gasteiger partial charge in [0.25, 0.3) is 5.91 Å². The second-order valence-electron chi connectivity index (χ2n) is 3.53. The van der Waals surface area contributed by atoms with Gasteiger partial charge < -0.3 is 9.72 Å². The van der Waals surface area contributed by atoms with E-state index in [1.807, 2.05) is 30.4 Å². The van der Waals surface area contributed by atoms with Gasteiger partial charge in [-0.25, -0.2) is 4.98 Å². The van der Waals surface area contributed by atoms with Crippen LogP contribution in [0.5, 0.6) is 0 Å². The third kappa shape index (κ3) is 1.38. The van der Waals surface area contributed by atoms with Crippen molar-refractivity contribution in [3.63, 3.8) is 0 Å². The fraction of sp³-hybridized carbons (Fsp3) is 0.273. The van der Waals surface area contributed by atoms with Gasteiger partial charge in [-0.1, -0.05) is 6.07 Å². The molecule has 0 aliphatic rings. The Kier molecular flexibility index (Phi) is 2.19. The number of nitrogens with zero attached hydrogens (tertiary/aromatic N) is 2. The van der Waals surface area contributed by atoms with Crippen molar-refractivity contribution in [3.8, 4) is 0 Å². The zero-order valence-electron chi connectivity index (χ0n) is 9.03. The van der Waals surface area contributed by atoms with Gasteiger partial charge in [-0.2, -0.15) is 0 Å². The summed E-state index contributed by atoms with van der Waals surface area (Å²) in [6.07, 6.45) is 1.68. The van der Waals surface area contributed by atoms with Crippen LogP contribution in [0.3, 0.4) is 0 Å². The number of imidazole rings is 1. The van der Waals surface area contributed by atoms with Crippen LogP contribution in [-0.2, 0) is 0 Å². The average molecular weight is 203 g/mol. The summed E-state index contributed by atoms with van der Waals surface area (Å²) in [4.78, 5) is 15.6. The lowest BCUT2D eigenvalue weighted by molar-refractivity contribution is 0.0960. The summed E-state index contributed by atoms with van der Waals surface area (Å²) < 4.78 is 1.93. The first-order chi connectivity index (χ1) is 7.15. The summed E-state index contributed by atoms with van der Waals surface area (Å²) in [7, 11) is 1.61. The van der Waals surface area contributed by atoms with Gasteiger partial charge in [-0.3, -0.25) is 4.79 Å². The summed E-state index contributed by atoms with van der Waals surface area (Å²) in [5.41, 5.74) is 3.61. The second-order valence-corrected chi connectivity index (χ2v) is 3.53. The van der Waals surface area contributed by atoms with Crippen LogP contribution in [0.2, 0.25) is 0 Å². The number of aryl methyl sites for hydroxylation is 2. The minimum atomic E-state index is -0.152. The van der Waals surface area contributed by atoms with Crippen LogP contribution in [0.1, 0.15) is 21.7 Å². The molecule has 2 aromatic rings. The molecule has 1 amide bonds. The second kappa shape index (κ2) is 3.38. The van der Waals surface area contributed by atoms with E-state index in [9.17, 15) is 4.79 Å². The van der Waals surface area contributed by atoms with Gasteiger partial charge in [0.15, 0.2) is 5.69 Å². The first-order valence-electron chi connectivity index (χ1n) is 4.80. The third-order valence-electron chi connectivity index (χ3n) is 2.67. The molecule has 2 heterocycles. The minimum absolute atomic E-state index is 0.152. The molecule has 1 N–H and O–H groups in total. The zero-order valence-corrected chi connectivity index (χ0v) is 9.03. The van der Waals surface area contributed by atoms with Gasteiger partial charge in [0.1, 0.15) is 6.33 Å². The lowest BCUT2D eigenvalue weighted by Gasteiger charge is -2.04. The molecule has 2 rings (SSSR count). The first-order valence-corrected chi connectivity index (χ1v) is 4.80. The highest BCUT2D eigenvalue weighted by atomic mass is 16.1. The van der Waals surface area contributed by atoms with Crippen molar-refractivity contribution in [2.45, 2.75) is 13.8 Å². The van der Waals surface area contributed by atoms with Gasteiger partial charge in [0, 0.05) is 12.7 Å². The van der Waals surface area contributed by atoms with Gasteiger partial charge in [-0.15, -0.1) is 0 Å². The maximum atomic E-state index is 11.5. The Bertz CT molecular complexity index is 528. The van der Waals surface area contributed by atoms with E-state index in [0.717, 1.165) is 11.2 Å². The number of fused-ring (bicyclic) bond motifs is 1. The Labute approximate surface area is 87.9 Å². The summed E-state index contributed by atoms with van der Waals surface area (Å²) in [6, 6.07) is 3.92. The van der Waals surface area contributed by atoms with E-state index in [1.165, 1.54) is 5.56 Å². The van der Waals surface area contributed by atoms with Gasteiger partial charge in [0.05, 0.1) is 5.52 Å². The fourth-order valence-corrected chi connectivity index (χ4v) is 1.59. The number of nitrogens with one attached hydrogen (secondary N) is 1. The topological polar surface area (TPSA) is 46.4 Å². The van der Waals surface area contributed by atoms with Crippen LogP contribution >= 0.6 is 0 Å². The molecule has 0 radical (unpaired) electrons. The fourth-order valence-electron chi connectivity index (χ4n) is 1.59. The third-order valence-corrected chi connectivity index (χ3v) is 2.67. The molecule has 78 valence electrons. The van der Waals surface area contributed by atoms with E-state index in [4.69, 9.17) is 0 Å². The summed E-state index contributed by atoms with van der Waals surface area (Å²) >= 11 is 0. The number of rotatable bonds is 1. The molecule has 0 aliphatic carbocycles. The molecule has 0 bridgehead atoms. The van der Waals surface area contributed by atoms with E-state index >= 15 is 0 Å². The van der Waals surface area contributed by atoms with Gasteiger partial charge >= 0.3 is 0 Å². The molecule has 4 heteroatoms. The van der Waals surface area contributed by atoms with E-state index in [-0.39, 0.29) is 5.91 Å². The molecular formula is C11H13N3O. The Morgan fingerprint density at radius 1 is 1.40 bits per heavy atom. The largest absolute Gasteiger partial charge is 0.354 e. The maximum absolute atomic E-state index is 11.5. The Hall–Kier alpha value is -1.84. The predicted octanol–water partition coefficient (Wildman–Crippen LogP) is 1.31. The summed E-state index contributed by atoms with van der Waals surface area (Å²) in [6.45, 7) is 4.05. The van der Waals surface area contributed by atoms with Gasteiger partial charge in [0.2, 0.25) is 0 Å². The lowest BCUT2D eigenvalue weighted by Crippen LogP contribution is -2.18. The average Bonchev–Trinajstić information content (AvgIpc) is 2.66. The molecule has 4 nitrogen and oxygen atoms in total. The van der Waals surface area contributed by atoms with E-state index in [1.54, 1.807) is 13.4 Å². The van der Waals surface area contributed by atoms with Crippen molar-refractivity contribution in [2.75, 3.05) is 7.05 Å². The smallest absolute Gasteiger partial charge is 0.271 e. The Morgan fingerprint density at radius 3 is 2.80 bits per heavy atom. The number of carbonyl (C=O) groups excluding carboxylic acids is 1. The van der Waals surface area contributed by atoms with E-state index < -0.39 is 0 Å². The quantitative estimate of drug-likeness (QED) is 0.759. The molecule has 0 fully saturated rings. The highest BCUT2D eigenvalue weighted by Gasteiger charge is 2.12. The van der Waals surface area contributed by atoms with Crippen molar-refractivity contribution in [2.24, 2.45) is 0 Å². The first kappa shape index (κ1) is 9.71. The van der Waals surface area contributed by atoms with Crippen LogP contribution in [0.15, 0.2) is 18.5 Å². The Balaban J connectivity index is 2.72.